The normalized spacial score (nSPS) is 35.1. The maximum atomic E-state index is 6.79. The summed E-state index contributed by atoms with van der Waals surface area (Å²) in [6.07, 6.45) is 1.45. The van der Waals surface area contributed by atoms with Crippen LogP contribution in [0.5, 0.6) is 0 Å². The van der Waals surface area contributed by atoms with Crippen molar-refractivity contribution in [3.8, 4) is 0 Å². The minimum absolute atomic E-state index is 0.0560. The molecule has 0 amide bonds. The zero-order valence-corrected chi connectivity index (χ0v) is 13.7. The monoisotopic (exact) mass is 295 g/mol. The summed E-state index contributed by atoms with van der Waals surface area (Å²) in [6, 6.07) is 0. The summed E-state index contributed by atoms with van der Waals surface area (Å²) in [5.74, 6) is 0.511. The van der Waals surface area contributed by atoms with E-state index in [1.54, 1.807) is 11.3 Å². The van der Waals surface area contributed by atoms with E-state index in [2.05, 4.69) is 36.2 Å². The molecule has 1 saturated heterocycles. The second-order valence-electron chi connectivity index (χ2n) is 6.98. The van der Waals surface area contributed by atoms with Crippen LogP contribution >= 0.6 is 11.3 Å². The molecule has 3 rings (SSSR count). The minimum atomic E-state index is -0.145. The fraction of sp³-hybridized carbons (Fsp3) is 0.800. The van der Waals surface area contributed by atoms with Crippen LogP contribution in [0.2, 0.25) is 0 Å². The molecule has 20 heavy (non-hydrogen) atoms. The van der Waals surface area contributed by atoms with Gasteiger partial charge in [-0.1, -0.05) is 13.8 Å². The number of ether oxygens (including phenoxy) is 1. The molecule has 1 aliphatic carbocycles. The largest absolute Gasteiger partial charge is 0.377 e. The summed E-state index contributed by atoms with van der Waals surface area (Å²) in [5.41, 5.74) is 7.85. The van der Waals surface area contributed by atoms with Crippen molar-refractivity contribution in [3.63, 3.8) is 0 Å². The highest BCUT2D eigenvalue weighted by atomic mass is 32.1. The Hall–Kier alpha value is -0.490. The van der Waals surface area contributed by atoms with Gasteiger partial charge in [-0.3, -0.25) is 4.90 Å². The number of nitrogens with zero attached hydrogens (tertiary/aromatic N) is 2. The van der Waals surface area contributed by atoms with Gasteiger partial charge in [-0.15, -0.1) is 11.3 Å². The molecule has 0 spiro atoms. The van der Waals surface area contributed by atoms with Crippen molar-refractivity contribution in [2.75, 3.05) is 20.2 Å². The number of rotatable bonds is 4. The standard InChI is InChI=1S/C15H25N3OS/c1-10-17-11(8-20-10)7-18(4)9-15(16)12-5-6-19-13(12)14(15,2)3/h8,12-13H,5-7,9,16H2,1-4H3. The Balaban J connectivity index is 1.67. The Morgan fingerprint density at radius 3 is 2.95 bits per heavy atom. The quantitative estimate of drug-likeness (QED) is 0.923. The van der Waals surface area contributed by atoms with Crippen LogP contribution < -0.4 is 5.73 Å². The lowest BCUT2D eigenvalue weighted by atomic mass is 9.48. The minimum Gasteiger partial charge on any atom is -0.377 e. The zero-order chi connectivity index (χ0) is 14.5. The first-order valence-corrected chi connectivity index (χ1v) is 8.22. The van der Waals surface area contributed by atoms with Crippen LogP contribution in [0, 0.1) is 18.3 Å². The van der Waals surface area contributed by atoms with Gasteiger partial charge in [-0.2, -0.15) is 0 Å². The van der Waals surface area contributed by atoms with Gasteiger partial charge in [0.25, 0.3) is 0 Å². The predicted octanol–water partition coefficient (Wildman–Crippen LogP) is 2.03. The molecule has 3 unspecified atom stereocenters. The van der Waals surface area contributed by atoms with Gasteiger partial charge < -0.3 is 10.5 Å². The molecule has 4 nitrogen and oxygen atoms in total. The third-order valence-electron chi connectivity index (χ3n) is 5.29. The van der Waals surface area contributed by atoms with Crippen LogP contribution in [-0.4, -0.2) is 41.7 Å². The highest BCUT2D eigenvalue weighted by Gasteiger charge is 2.67. The van der Waals surface area contributed by atoms with Crippen molar-refractivity contribution in [1.82, 2.24) is 9.88 Å². The van der Waals surface area contributed by atoms with Gasteiger partial charge in [0.2, 0.25) is 0 Å². The van der Waals surface area contributed by atoms with Gasteiger partial charge in [-0.25, -0.2) is 4.98 Å². The second-order valence-corrected chi connectivity index (χ2v) is 8.04. The Kier molecular flexibility index (Phi) is 3.44. The van der Waals surface area contributed by atoms with E-state index in [1.165, 1.54) is 0 Å². The number of aromatic nitrogens is 1. The molecule has 1 aromatic heterocycles. The van der Waals surface area contributed by atoms with Crippen molar-refractivity contribution in [2.24, 2.45) is 17.1 Å². The van der Waals surface area contributed by atoms with Gasteiger partial charge in [0.1, 0.15) is 0 Å². The van der Waals surface area contributed by atoms with E-state index in [-0.39, 0.29) is 11.0 Å². The van der Waals surface area contributed by atoms with Gasteiger partial charge in [-0.05, 0) is 20.4 Å². The molecule has 0 radical (unpaired) electrons. The van der Waals surface area contributed by atoms with Gasteiger partial charge in [0.05, 0.1) is 16.8 Å². The molecular formula is C15H25N3OS. The molecular weight excluding hydrogens is 270 g/mol. The molecule has 112 valence electrons. The maximum Gasteiger partial charge on any atom is 0.0897 e. The van der Waals surface area contributed by atoms with Gasteiger partial charge in [0.15, 0.2) is 0 Å². The molecule has 1 saturated carbocycles. The second kappa shape index (κ2) is 4.77. The molecule has 2 heterocycles. The topological polar surface area (TPSA) is 51.4 Å². The van der Waals surface area contributed by atoms with Gasteiger partial charge in [0, 0.05) is 41.9 Å². The summed E-state index contributed by atoms with van der Waals surface area (Å²) in [4.78, 5) is 6.85. The van der Waals surface area contributed by atoms with Gasteiger partial charge >= 0.3 is 0 Å². The summed E-state index contributed by atoms with van der Waals surface area (Å²) in [6.45, 7) is 9.19. The van der Waals surface area contributed by atoms with E-state index in [0.29, 0.717) is 12.0 Å². The molecule has 3 atom stereocenters. The van der Waals surface area contributed by atoms with Crippen LogP contribution in [0.4, 0.5) is 0 Å². The summed E-state index contributed by atoms with van der Waals surface area (Å²) < 4.78 is 5.86. The third-order valence-corrected chi connectivity index (χ3v) is 6.12. The van der Waals surface area contributed by atoms with E-state index in [4.69, 9.17) is 10.5 Å². The van der Waals surface area contributed by atoms with E-state index in [1.807, 2.05) is 6.92 Å². The van der Waals surface area contributed by atoms with E-state index in [0.717, 1.165) is 36.8 Å². The van der Waals surface area contributed by atoms with Crippen LogP contribution in [0.3, 0.4) is 0 Å². The average Bonchev–Trinajstić information content (AvgIpc) is 2.97. The first-order chi connectivity index (χ1) is 9.34. The molecule has 2 aliphatic rings. The first kappa shape index (κ1) is 14.4. The number of thiazole rings is 1. The number of nitrogens with two attached hydrogens (primary N) is 1. The number of aryl methyl sites for hydroxylation is 1. The molecule has 1 aromatic rings. The van der Waals surface area contributed by atoms with E-state index >= 15 is 0 Å². The van der Waals surface area contributed by atoms with E-state index < -0.39 is 0 Å². The van der Waals surface area contributed by atoms with Crippen molar-refractivity contribution in [3.05, 3.63) is 16.1 Å². The lowest BCUT2D eigenvalue weighted by Crippen LogP contribution is -2.77. The summed E-state index contributed by atoms with van der Waals surface area (Å²) >= 11 is 1.71. The average molecular weight is 295 g/mol. The summed E-state index contributed by atoms with van der Waals surface area (Å²) in [5, 5.41) is 3.27. The van der Waals surface area contributed by atoms with Crippen molar-refractivity contribution < 1.29 is 4.74 Å². The van der Waals surface area contributed by atoms with Crippen LogP contribution in [0.15, 0.2) is 5.38 Å². The predicted molar refractivity (Wildman–Crippen MR) is 81.7 cm³/mol. The SMILES string of the molecule is Cc1nc(CN(C)CC2(N)C3CCOC3C2(C)C)cs1. The number of likely N-dealkylation sites (N-methyl/N-ethyl adjacent to an activating group) is 1. The Morgan fingerprint density at radius 2 is 2.30 bits per heavy atom. The fourth-order valence-electron chi connectivity index (χ4n) is 4.06. The van der Waals surface area contributed by atoms with Crippen LogP contribution in [0.1, 0.15) is 31.0 Å². The van der Waals surface area contributed by atoms with E-state index in [9.17, 15) is 0 Å². The zero-order valence-electron chi connectivity index (χ0n) is 12.8. The number of fused-ring (bicyclic) bond motifs is 1. The maximum absolute atomic E-state index is 6.79. The molecule has 5 heteroatoms. The highest BCUT2D eigenvalue weighted by Crippen LogP contribution is 2.58. The van der Waals surface area contributed by atoms with Crippen molar-refractivity contribution in [2.45, 2.75) is 45.4 Å². The third kappa shape index (κ3) is 2.03. The molecule has 2 N–H and O–H groups in total. The Labute approximate surface area is 125 Å². The molecule has 2 fully saturated rings. The van der Waals surface area contributed by atoms with Crippen molar-refractivity contribution in [1.29, 1.82) is 0 Å². The Morgan fingerprint density at radius 1 is 1.55 bits per heavy atom. The lowest BCUT2D eigenvalue weighted by molar-refractivity contribution is -0.162. The van der Waals surface area contributed by atoms with Crippen molar-refractivity contribution >= 4 is 11.3 Å². The number of hydrogen-bond donors (Lipinski definition) is 1. The molecule has 0 aromatic carbocycles. The fourth-order valence-corrected chi connectivity index (χ4v) is 4.66. The highest BCUT2D eigenvalue weighted by molar-refractivity contribution is 7.09. The number of hydrogen-bond acceptors (Lipinski definition) is 5. The lowest BCUT2D eigenvalue weighted by Gasteiger charge is -2.63. The molecule has 1 aliphatic heterocycles. The first-order valence-electron chi connectivity index (χ1n) is 7.34. The Bertz CT molecular complexity index is 501. The summed E-state index contributed by atoms with van der Waals surface area (Å²) in [7, 11) is 2.14. The smallest absolute Gasteiger partial charge is 0.0897 e. The molecule has 0 bridgehead atoms. The van der Waals surface area contributed by atoms with Crippen LogP contribution in [0.25, 0.3) is 0 Å². The van der Waals surface area contributed by atoms with Crippen LogP contribution in [-0.2, 0) is 11.3 Å².